The van der Waals surface area contributed by atoms with Gasteiger partial charge in [-0.05, 0) is 22.1 Å². The first-order valence-corrected chi connectivity index (χ1v) is 10.4. The molecule has 4 rings (SSSR count). The summed E-state index contributed by atoms with van der Waals surface area (Å²) >= 11 is 0. The number of pyridine rings is 2. The number of hydrogen-bond donors (Lipinski definition) is 4. The molecule has 0 saturated carbocycles. The lowest BCUT2D eigenvalue weighted by molar-refractivity contribution is -0.688. The van der Waals surface area contributed by atoms with Crippen LogP contribution in [-0.2, 0) is 13.1 Å². The second-order valence-corrected chi connectivity index (χ2v) is 7.71. The third kappa shape index (κ3) is 5.30. The zero-order valence-corrected chi connectivity index (χ0v) is 17.5. The summed E-state index contributed by atoms with van der Waals surface area (Å²) in [5, 5.41) is 37.8. The third-order valence-electron chi connectivity index (χ3n) is 5.42. The maximum Gasteiger partial charge on any atom is 0.488 e. The van der Waals surface area contributed by atoms with E-state index in [1.807, 2.05) is 82.5 Å². The van der Waals surface area contributed by atoms with Crippen LogP contribution in [0.15, 0.2) is 97.6 Å². The molecule has 2 heterocycles. The Bertz CT molecular complexity index is 1180. The van der Waals surface area contributed by atoms with Gasteiger partial charge in [-0.3, -0.25) is 0 Å². The molecule has 0 aliphatic carbocycles. The molecule has 0 radical (unpaired) electrons. The molecule has 4 aromatic rings. The minimum Gasteiger partial charge on any atom is -0.423 e. The molecule has 2 aromatic carbocycles. The molecule has 4 N–H and O–H groups in total. The van der Waals surface area contributed by atoms with Crippen molar-refractivity contribution in [2.45, 2.75) is 13.1 Å². The van der Waals surface area contributed by atoms with E-state index in [9.17, 15) is 20.1 Å². The van der Waals surface area contributed by atoms with Gasteiger partial charge in [0.05, 0.1) is 0 Å². The SMILES string of the molecule is OB(O)c1cccc(C[n+]2ccc(-c3cc[n+](Cc4ccccc4B(O)O)cc3)cc2)c1. The highest BCUT2D eigenvalue weighted by molar-refractivity contribution is 6.59. The number of hydrogen-bond acceptors (Lipinski definition) is 4. The maximum absolute atomic E-state index is 9.55. The molecule has 0 spiro atoms. The van der Waals surface area contributed by atoms with Crippen molar-refractivity contribution < 1.29 is 29.2 Å². The van der Waals surface area contributed by atoms with E-state index in [1.165, 1.54) is 0 Å². The average Bonchev–Trinajstić information content (AvgIpc) is 2.80. The minimum absolute atomic E-state index is 0.480. The third-order valence-corrected chi connectivity index (χ3v) is 5.42. The van der Waals surface area contributed by atoms with Crippen LogP contribution in [0.1, 0.15) is 11.1 Å². The quantitative estimate of drug-likeness (QED) is 0.235. The number of nitrogens with zero attached hydrogens (tertiary/aromatic N) is 2. The van der Waals surface area contributed by atoms with Crippen molar-refractivity contribution in [1.82, 2.24) is 0 Å². The molecule has 0 bridgehead atoms. The minimum atomic E-state index is -1.49. The molecule has 32 heavy (non-hydrogen) atoms. The molecule has 158 valence electrons. The van der Waals surface area contributed by atoms with Crippen molar-refractivity contribution in [3.05, 3.63) is 109 Å². The molecule has 2 aromatic heterocycles. The maximum atomic E-state index is 9.55. The second kappa shape index (κ2) is 9.89. The number of rotatable bonds is 7. The van der Waals surface area contributed by atoms with E-state index in [0.29, 0.717) is 24.0 Å². The fourth-order valence-corrected chi connectivity index (χ4v) is 3.70. The lowest BCUT2D eigenvalue weighted by atomic mass is 9.77. The van der Waals surface area contributed by atoms with Gasteiger partial charge < -0.3 is 20.1 Å². The standard InChI is InChI=1S/C24H24B2N2O4/c29-25(30)23-6-3-4-19(16-23)17-27-12-8-20(9-13-27)21-10-14-28(15-11-21)18-22-5-1-2-7-24(22)26(31)32/h1-16,29-32H,17-18H2/q+2. The molecule has 8 heteroatoms. The van der Waals surface area contributed by atoms with E-state index in [4.69, 9.17) is 0 Å². The lowest BCUT2D eigenvalue weighted by Crippen LogP contribution is -2.40. The Hall–Kier alpha value is -3.29. The van der Waals surface area contributed by atoms with Crippen molar-refractivity contribution >= 4 is 25.2 Å². The van der Waals surface area contributed by atoms with E-state index < -0.39 is 14.2 Å². The molecular formula is C24H24B2N2O4+2. The van der Waals surface area contributed by atoms with E-state index in [1.54, 1.807) is 24.3 Å². The van der Waals surface area contributed by atoms with Crippen molar-refractivity contribution in [3.8, 4) is 11.1 Å². The number of benzene rings is 2. The monoisotopic (exact) mass is 426 g/mol. The largest absolute Gasteiger partial charge is 0.488 e. The van der Waals surface area contributed by atoms with Gasteiger partial charge in [0.2, 0.25) is 0 Å². The molecule has 0 atom stereocenters. The first-order chi connectivity index (χ1) is 15.5. The average molecular weight is 426 g/mol. The van der Waals surface area contributed by atoms with Crippen LogP contribution in [0, 0.1) is 0 Å². The van der Waals surface area contributed by atoms with Crippen LogP contribution in [0.3, 0.4) is 0 Å². The lowest BCUT2D eigenvalue weighted by Gasteiger charge is -2.06. The summed E-state index contributed by atoms with van der Waals surface area (Å²) in [4.78, 5) is 0. The molecule has 6 nitrogen and oxygen atoms in total. The van der Waals surface area contributed by atoms with Gasteiger partial charge in [0.1, 0.15) is 0 Å². The van der Waals surface area contributed by atoms with Crippen molar-refractivity contribution in [2.75, 3.05) is 0 Å². The summed E-state index contributed by atoms with van der Waals surface area (Å²) in [5.74, 6) is 0. The predicted octanol–water partition coefficient (Wildman–Crippen LogP) is -0.615. The second-order valence-electron chi connectivity index (χ2n) is 7.71. The molecule has 0 unspecified atom stereocenters. The van der Waals surface area contributed by atoms with Crippen LogP contribution in [-0.4, -0.2) is 34.3 Å². The van der Waals surface area contributed by atoms with Crippen LogP contribution in [0.2, 0.25) is 0 Å². The highest BCUT2D eigenvalue weighted by atomic mass is 16.4. The Morgan fingerprint density at radius 3 is 1.78 bits per heavy atom. The van der Waals surface area contributed by atoms with Crippen LogP contribution in [0.5, 0.6) is 0 Å². The van der Waals surface area contributed by atoms with E-state index in [0.717, 1.165) is 22.3 Å². The molecular weight excluding hydrogens is 402 g/mol. The highest BCUT2D eigenvalue weighted by Gasteiger charge is 2.17. The van der Waals surface area contributed by atoms with Gasteiger partial charge in [-0.15, -0.1) is 0 Å². The van der Waals surface area contributed by atoms with Crippen LogP contribution < -0.4 is 20.1 Å². The van der Waals surface area contributed by atoms with Gasteiger partial charge in [-0.1, -0.05) is 48.5 Å². The van der Waals surface area contributed by atoms with Gasteiger partial charge in [0.25, 0.3) is 0 Å². The van der Waals surface area contributed by atoms with Crippen LogP contribution >= 0.6 is 0 Å². The van der Waals surface area contributed by atoms with Gasteiger partial charge in [0.15, 0.2) is 37.9 Å². The fraction of sp³-hybridized carbons (Fsp3) is 0.0833. The summed E-state index contributed by atoms with van der Waals surface area (Å²) in [7, 11) is -2.95. The van der Waals surface area contributed by atoms with Gasteiger partial charge in [-0.25, -0.2) is 9.13 Å². The smallest absolute Gasteiger partial charge is 0.423 e. The Balaban J connectivity index is 1.45. The molecule has 0 saturated heterocycles. The van der Waals surface area contributed by atoms with E-state index >= 15 is 0 Å². The number of aromatic nitrogens is 2. The van der Waals surface area contributed by atoms with Gasteiger partial charge in [0, 0.05) is 35.4 Å². The van der Waals surface area contributed by atoms with Crippen molar-refractivity contribution in [3.63, 3.8) is 0 Å². The van der Waals surface area contributed by atoms with Crippen LogP contribution in [0.4, 0.5) is 0 Å². The fourth-order valence-electron chi connectivity index (χ4n) is 3.70. The molecule has 0 amide bonds. The Labute approximate surface area is 187 Å². The van der Waals surface area contributed by atoms with Gasteiger partial charge >= 0.3 is 14.2 Å². The molecule has 0 aliphatic heterocycles. The van der Waals surface area contributed by atoms with Crippen LogP contribution in [0.25, 0.3) is 11.1 Å². The topological polar surface area (TPSA) is 88.7 Å². The normalized spacial score (nSPS) is 10.8. The molecule has 0 fully saturated rings. The Kier molecular flexibility index (Phi) is 6.78. The summed E-state index contributed by atoms with van der Waals surface area (Å²) in [5.41, 5.74) is 5.00. The summed E-state index contributed by atoms with van der Waals surface area (Å²) in [6.45, 7) is 1.18. The van der Waals surface area contributed by atoms with E-state index in [-0.39, 0.29) is 0 Å². The van der Waals surface area contributed by atoms with E-state index in [2.05, 4.69) is 0 Å². The first-order valence-electron chi connectivity index (χ1n) is 10.4. The van der Waals surface area contributed by atoms with Crippen molar-refractivity contribution in [2.24, 2.45) is 0 Å². The summed E-state index contributed by atoms with van der Waals surface area (Å²) < 4.78 is 4.03. The predicted molar refractivity (Wildman–Crippen MR) is 123 cm³/mol. The summed E-state index contributed by atoms with van der Waals surface area (Å²) in [6.07, 6.45) is 7.94. The van der Waals surface area contributed by atoms with Crippen molar-refractivity contribution in [1.29, 1.82) is 0 Å². The van der Waals surface area contributed by atoms with Gasteiger partial charge in [-0.2, -0.15) is 0 Å². The zero-order chi connectivity index (χ0) is 22.5. The first kappa shape index (κ1) is 21.9. The summed E-state index contributed by atoms with van der Waals surface area (Å²) in [6, 6.07) is 22.7. The Morgan fingerprint density at radius 2 is 1.19 bits per heavy atom. The molecule has 0 aliphatic rings. The Morgan fingerprint density at radius 1 is 0.594 bits per heavy atom. The highest BCUT2D eigenvalue weighted by Crippen LogP contribution is 2.16. The zero-order valence-electron chi connectivity index (χ0n) is 17.5.